The van der Waals surface area contributed by atoms with E-state index >= 15 is 0 Å². The number of carbonyl (C=O) groups is 1. The van der Waals surface area contributed by atoms with Crippen LogP contribution in [0.15, 0.2) is 28.8 Å². The van der Waals surface area contributed by atoms with Crippen molar-refractivity contribution in [3.8, 4) is 11.4 Å². The number of benzene rings is 1. The van der Waals surface area contributed by atoms with Crippen LogP contribution in [0.5, 0.6) is 0 Å². The summed E-state index contributed by atoms with van der Waals surface area (Å²) in [5.74, 6) is 0.199. The van der Waals surface area contributed by atoms with Crippen LogP contribution < -0.4 is 0 Å². The molecule has 1 aliphatic heterocycles. The number of ether oxygens (including phenoxy) is 1. The van der Waals surface area contributed by atoms with Gasteiger partial charge in [-0.15, -0.1) is 0 Å². The number of aromatic nitrogens is 2. The smallest absolute Gasteiger partial charge is 0.227 e. The minimum Gasteiger partial charge on any atom is -0.375 e. The number of amides is 1. The summed E-state index contributed by atoms with van der Waals surface area (Å²) in [5.41, 5.74) is 0.0797. The number of halogens is 1. The molecule has 2 heterocycles. The molecule has 1 aromatic carbocycles. The van der Waals surface area contributed by atoms with Crippen LogP contribution in [0.4, 0.5) is 4.39 Å². The third-order valence-corrected chi connectivity index (χ3v) is 4.91. The summed E-state index contributed by atoms with van der Waals surface area (Å²) in [4.78, 5) is 18.9. The van der Waals surface area contributed by atoms with E-state index < -0.39 is 5.82 Å². The van der Waals surface area contributed by atoms with Gasteiger partial charge in [0.15, 0.2) is 0 Å². The van der Waals surface area contributed by atoms with Crippen molar-refractivity contribution in [3.05, 3.63) is 36.0 Å². The lowest BCUT2D eigenvalue weighted by atomic mass is 9.92. The Labute approximate surface area is 158 Å². The second-order valence-corrected chi connectivity index (χ2v) is 7.43. The molecule has 0 N–H and O–H groups in total. The number of aryl methyl sites for hydroxylation is 1. The normalized spacial score (nSPS) is 19.0. The maximum Gasteiger partial charge on any atom is 0.227 e. The van der Waals surface area contributed by atoms with Crippen LogP contribution in [-0.2, 0) is 16.0 Å². The molecule has 27 heavy (non-hydrogen) atoms. The summed E-state index contributed by atoms with van der Waals surface area (Å²) in [7, 11) is 0. The van der Waals surface area contributed by atoms with Crippen LogP contribution in [-0.4, -0.2) is 45.7 Å². The van der Waals surface area contributed by atoms with Gasteiger partial charge >= 0.3 is 0 Å². The van der Waals surface area contributed by atoms with Gasteiger partial charge in [0.05, 0.1) is 11.2 Å². The van der Waals surface area contributed by atoms with Crippen molar-refractivity contribution in [2.24, 2.45) is 0 Å². The van der Waals surface area contributed by atoms with Crippen LogP contribution in [0.25, 0.3) is 11.4 Å². The highest BCUT2D eigenvalue weighted by molar-refractivity contribution is 5.76. The van der Waals surface area contributed by atoms with Gasteiger partial charge in [-0.05, 0) is 45.7 Å². The van der Waals surface area contributed by atoms with Gasteiger partial charge in [-0.1, -0.05) is 17.3 Å². The molecule has 1 fully saturated rings. The van der Waals surface area contributed by atoms with Gasteiger partial charge < -0.3 is 14.2 Å². The standard InChI is InChI=1S/C20H26FN3O3/c1-4-24(14-11-12-26-20(2,3)13-14)18(25)10-9-17-22-19(23-27-17)15-7-5-6-8-16(15)21/h5-8,14H,4,9-13H2,1-3H3. The lowest BCUT2D eigenvalue weighted by Gasteiger charge is -2.41. The number of nitrogens with zero attached hydrogens (tertiary/aromatic N) is 3. The predicted octanol–water partition coefficient (Wildman–Crippen LogP) is 3.61. The summed E-state index contributed by atoms with van der Waals surface area (Å²) >= 11 is 0. The Morgan fingerprint density at radius 3 is 2.85 bits per heavy atom. The van der Waals surface area contributed by atoms with Crippen molar-refractivity contribution in [2.75, 3.05) is 13.2 Å². The number of hydrogen-bond donors (Lipinski definition) is 0. The zero-order chi connectivity index (χ0) is 19.4. The maximum absolute atomic E-state index is 13.8. The highest BCUT2D eigenvalue weighted by Crippen LogP contribution is 2.28. The first-order chi connectivity index (χ1) is 12.9. The zero-order valence-electron chi connectivity index (χ0n) is 16.1. The number of rotatable bonds is 6. The van der Waals surface area contributed by atoms with E-state index in [2.05, 4.69) is 24.0 Å². The fourth-order valence-electron chi connectivity index (χ4n) is 3.57. The average Bonchev–Trinajstić information content (AvgIpc) is 3.09. The van der Waals surface area contributed by atoms with Gasteiger partial charge in [0.1, 0.15) is 5.82 Å². The van der Waals surface area contributed by atoms with Crippen LogP contribution >= 0.6 is 0 Å². The van der Waals surface area contributed by atoms with E-state index in [1.807, 2.05) is 11.8 Å². The molecule has 0 spiro atoms. The summed E-state index contributed by atoms with van der Waals surface area (Å²) in [5, 5.41) is 3.83. The van der Waals surface area contributed by atoms with Crippen LogP contribution in [0.1, 0.15) is 45.9 Å². The van der Waals surface area contributed by atoms with Gasteiger partial charge in [0, 0.05) is 32.0 Å². The van der Waals surface area contributed by atoms with Crippen LogP contribution in [0.3, 0.4) is 0 Å². The number of hydrogen-bond acceptors (Lipinski definition) is 5. The monoisotopic (exact) mass is 375 g/mol. The molecular weight excluding hydrogens is 349 g/mol. The van der Waals surface area contributed by atoms with E-state index in [0.29, 0.717) is 31.0 Å². The molecule has 0 saturated carbocycles. The lowest BCUT2D eigenvalue weighted by Crippen LogP contribution is -2.48. The molecule has 1 atom stereocenters. The minimum absolute atomic E-state index is 0.0610. The first-order valence-electron chi connectivity index (χ1n) is 9.40. The van der Waals surface area contributed by atoms with Gasteiger partial charge in [0.25, 0.3) is 0 Å². The Balaban J connectivity index is 1.61. The fraction of sp³-hybridized carbons (Fsp3) is 0.550. The molecule has 0 radical (unpaired) electrons. The average molecular weight is 375 g/mol. The quantitative estimate of drug-likeness (QED) is 0.771. The Hall–Kier alpha value is -2.28. The van der Waals surface area contributed by atoms with Crippen molar-refractivity contribution in [1.82, 2.24) is 15.0 Å². The zero-order valence-corrected chi connectivity index (χ0v) is 16.1. The second kappa shape index (κ2) is 8.17. The van der Waals surface area contributed by atoms with E-state index in [1.54, 1.807) is 18.2 Å². The predicted molar refractivity (Wildman–Crippen MR) is 98.5 cm³/mol. The maximum atomic E-state index is 13.8. The highest BCUT2D eigenvalue weighted by atomic mass is 19.1. The molecule has 1 saturated heterocycles. The fourth-order valence-corrected chi connectivity index (χ4v) is 3.57. The van der Waals surface area contributed by atoms with Crippen LogP contribution in [0, 0.1) is 5.82 Å². The molecule has 7 heteroatoms. The molecule has 1 amide bonds. The van der Waals surface area contributed by atoms with E-state index in [9.17, 15) is 9.18 Å². The molecular formula is C20H26FN3O3. The Morgan fingerprint density at radius 1 is 1.37 bits per heavy atom. The second-order valence-electron chi connectivity index (χ2n) is 7.43. The van der Waals surface area contributed by atoms with E-state index in [1.165, 1.54) is 6.07 Å². The van der Waals surface area contributed by atoms with Crippen molar-refractivity contribution >= 4 is 5.91 Å². The summed E-state index contributed by atoms with van der Waals surface area (Å²) < 4.78 is 24.8. The first-order valence-corrected chi connectivity index (χ1v) is 9.40. The van der Waals surface area contributed by atoms with Gasteiger partial charge in [0.2, 0.25) is 17.6 Å². The third-order valence-electron chi connectivity index (χ3n) is 4.91. The molecule has 6 nitrogen and oxygen atoms in total. The molecule has 1 aliphatic rings. The highest BCUT2D eigenvalue weighted by Gasteiger charge is 2.33. The molecule has 0 bridgehead atoms. The summed E-state index contributed by atoms with van der Waals surface area (Å²) in [6.07, 6.45) is 2.29. The SMILES string of the molecule is CCN(C(=O)CCc1nc(-c2ccccc2F)no1)C1CCOC(C)(C)C1. The molecule has 1 unspecified atom stereocenters. The Bertz CT molecular complexity index is 790. The van der Waals surface area contributed by atoms with Gasteiger partial charge in [-0.25, -0.2) is 4.39 Å². The van der Waals surface area contributed by atoms with Crippen molar-refractivity contribution in [1.29, 1.82) is 0 Å². The molecule has 0 aliphatic carbocycles. The lowest BCUT2D eigenvalue weighted by molar-refractivity contribution is -0.140. The van der Waals surface area contributed by atoms with Crippen molar-refractivity contribution in [3.63, 3.8) is 0 Å². The van der Waals surface area contributed by atoms with Crippen molar-refractivity contribution in [2.45, 2.75) is 58.1 Å². The Morgan fingerprint density at radius 2 is 2.15 bits per heavy atom. The molecule has 1 aromatic heterocycles. The Kier molecular flexibility index (Phi) is 5.89. The number of carbonyl (C=O) groups excluding carboxylic acids is 1. The summed E-state index contributed by atoms with van der Waals surface area (Å²) in [6, 6.07) is 6.45. The van der Waals surface area contributed by atoms with Gasteiger partial charge in [-0.2, -0.15) is 4.98 Å². The van der Waals surface area contributed by atoms with Crippen molar-refractivity contribution < 1.29 is 18.4 Å². The van der Waals surface area contributed by atoms with Crippen LogP contribution in [0.2, 0.25) is 0 Å². The largest absolute Gasteiger partial charge is 0.375 e. The molecule has 3 rings (SSSR count). The van der Waals surface area contributed by atoms with E-state index in [4.69, 9.17) is 9.26 Å². The minimum atomic E-state index is -0.403. The van der Waals surface area contributed by atoms with E-state index in [-0.39, 0.29) is 29.8 Å². The summed E-state index contributed by atoms with van der Waals surface area (Å²) in [6.45, 7) is 7.42. The molecule has 146 valence electrons. The first kappa shape index (κ1) is 19.5. The topological polar surface area (TPSA) is 68.5 Å². The molecule has 2 aromatic rings. The third kappa shape index (κ3) is 4.71. The van der Waals surface area contributed by atoms with Gasteiger partial charge in [-0.3, -0.25) is 4.79 Å². The van der Waals surface area contributed by atoms with E-state index in [0.717, 1.165) is 12.8 Å².